The second-order valence-electron chi connectivity index (χ2n) is 7.06. The molecule has 2 aliphatic rings. The van der Waals surface area contributed by atoms with E-state index in [1.54, 1.807) is 6.07 Å². The monoisotopic (exact) mass is 407 g/mol. The van der Waals surface area contributed by atoms with Crippen LogP contribution in [0.2, 0.25) is 5.02 Å². The van der Waals surface area contributed by atoms with E-state index in [2.05, 4.69) is 10.3 Å². The van der Waals surface area contributed by atoms with Crippen molar-refractivity contribution in [3.8, 4) is 0 Å². The number of carbonyl (C=O) groups is 4. The van der Waals surface area contributed by atoms with Crippen molar-refractivity contribution in [1.29, 1.82) is 0 Å². The lowest BCUT2D eigenvalue weighted by molar-refractivity contribution is -0.154. The molecule has 1 saturated heterocycles. The van der Waals surface area contributed by atoms with E-state index in [0.29, 0.717) is 5.02 Å². The summed E-state index contributed by atoms with van der Waals surface area (Å²) < 4.78 is 5.10. The summed E-state index contributed by atoms with van der Waals surface area (Å²) in [6, 6.07) is 3.10. The highest BCUT2D eigenvalue weighted by atomic mass is 35.5. The van der Waals surface area contributed by atoms with Crippen molar-refractivity contribution in [3.63, 3.8) is 0 Å². The molecule has 1 aliphatic heterocycles. The van der Waals surface area contributed by atoms with Crippen molar-refractivity contribution in [2.45, 2.75) is 45.1 Å². The molecule has 2 fully saturated rings. The largest absolute Gasteiger partial charge is 0.452 e. The van der Waals surface area contributed by atoms with Gasteiger partial charge < -0.3 is 10.1 Å². The molecule has 1 aromatic rings. The summed E-state index contributed by atoms with van der Waals surface area (Å²) in [5.74, 6) is -1.77. The molecule has 0 aromatic carbocycles. The number of imide groups is 1. The maximum atomic E-state index is 12.4. The number of rotatable bonds is 6. The molecule has 0 bridgehead atoms. The topological polar surface area (TPSA) is 106 Å². The van der Waals surface area contributed by atoms with Crippen LogP contribution in [0, 0.1) is 11.8 Å². The van der Waals surface area contributed by atoms with Crippen LogP contribution in [0.15, 0.2) is 18.3 Å². The van der Waals surface area contributed by atoms with Crippen molar-refractivity contribution in [1.82, 2.24) is 9.88 Å². The highest BCUT2D eigenvalue weighted by molar-refractivity contribution is 6.30. The lowest BCUT2D eigenvalue weighted by Gasteiger charge is -2.19. The van der Waals surface area contributed by atoms with Gasteiger partial charge in [-0.1, -0.05) is 24.4 Å². The Labute approximate surface area is 167 Å². The molecular formula is C19H22ClN3O5. The first-order valence-corrected chi connectivity index (χ1v) is 9.71. The fraction of sp³-hybridized carbons (Fsp3) is 0.526. The van der Waals surface area contributed by atoms with Crippen LogP contribution in [-0.2, 0) is 23.9 Å². The maximum absolute atomic E-state index is 12.4. The molecule has 150 valence electrons. The number of anilines is 1. The third-order valence-corrected chi connectivity index (χ3v) is 5.35. The number of esters is 1. The van der Waals surface area contributed by atoms with Gasteiger partial charge in [-0.3, -0.25) is 24.1 Å². The number of ether oxygens (including phenoxy) is 1. The van der Waals surface area contributed by atoms with Gasteiger partial charge in [0.1, 0.15) is 5.82 Å². The van der Waals surface area contributed by atoms with E-state index < -0.39 is 18.0 Å². The fourth-order valence-electron chi connectivity index (χ4n) is 3.64. The zero-order chi connectivity index (χ0) is 20.3. The number of hydrogen-bond donors (Lipinski definition) is 1. The Morgan fingerprint density at radius 2 is 1.89 bits per heavy atom. The number of nitrogens with one attached hydrogen (secondary N) is 1. The summed E-state index contributed by atoms with van der Waals surface area (Å²) in [5, 5.41) is 2.95. The molecular weight excluding hydrogens is 386 g/mol. The average Bonchev–Trinajstić information content (AvgIpc) is 2.92. The molecule has 1 aromatic heterocycles. The van der Waals surface area contributed by atoms with Gasteiger partial charge in [-0.05, 0) is 31.9 Å². The van der Waals surface area contributed by atoms with E-state index in [1.165, 1.54) is 24.1 Å². The quantitative estimate of drug-likeness (QED) is 0.572. The predicted octanol–water partition coefficient (Wildman–Crippen LogP) is 2.17. The van der Waals surface area contributed by atoms with E-state index in [0.717, 1.165) is 25.7 Å². The van der Waals surface area contributed by atoms with E-state index in [9.17, 15) is 19.2 Å². The molecule has 0 spiro atoms. The number of likely N-dealkylation sites (tertiary alicyclic amines) is 1. The zero-order valence-electron chi connectivity index (χ0n) is 15.5. The van der Waals surface area contributed by atoms with Gasteiger partial charge in [0.2, 0.25) is 11.8 Å². The number of amides is 3. The second kappa shape index (κ2) is 8.68. The van der Waals surface area contributed by atoms with Crippen molar-refractivity contribution >= 4 is 41.1 Å². The minimum Gasteiger partial charge on any atom is -0.452 e. The van der Waals surface area contributed by atoms with Gasteiger partial charge in [0.25, 0.3) is 5.91 Å². The molecule has 8 nitrogen and oxygen atoms in total. The molecule has 1 aliphatic carbocycles. The van der Waals surface area contributed by atoms with Crippen LogP contribution in [0.3, 0.4) is 0 Å². The number of halogens is 1. The summed E-state index contributed by atoms with van der Waals surface area (Å²) in [6.45, 7) is 1.42. The summed E-state index contributed by atoms with van der Waals surface area (Å²) in [6.07, 6.45) is 3.55. The van der Waals surface area contributed by atoms with Crippen molar-refractivity contribution in [3.05, 3.63) is 23.4 Å². The third kappa shape index (κ3) is 4.49. The van der Waals surface area contributed by atoms with Gasteiger partial charge >= 0.3 is 5.97 Å². The van der Waals surface area contributed by atoms with Crippen LogP contribution in [0.1, 0.15) is 39.0 Å². The van der Waals surface area contributed by atoms with Crippen molar-refractivity contribution in [2.75, 3.05) is 11.9 Å². The Kier molecular flexibility index (Phi) is 6.28. The van der Waals surface area contributed by atoms with Crippen LogP contribution in [0.5, 0.6) is 0 Å². The number of hydrogen-bond acceptors (Lipinski definition) is 6. The van der Waals surface area contributed by atoms with Crippen LogP contribution >= 0.6 is 11.6 Å². The first kappa shape index (κ1) is 20.3. The first-order valence-electron chi connectivity index (χ1n) is 9.34. The van der Waals surface area contributed by atoms with E-state index in [4.69, 9.17) is 16.3 Å². The highest BCUT2D eigenvalue weighted by Crippen LogP contribution is 2.37. The summed E-state index contributed by atoms with van der Waals surface area (Å²) in [7, 11) is 0. The number of nitrogens with zero attached hydrogens (tertiary/aromatic N) is 2. The average molecular weight is 408 g/mol. The Morgan fingerprint density at radius 1 is 1.25 bits per heavy atom. The van der Waals surface area contributed by atoms with Crippen LogP contribution in [0.4, 0.5) is 5.82 Å². The molecule has 3 atom stereocenters. The molecule has 9 heteroatoms. The van der Waals surface area contributed by atoms with Gasteiger partial charge in [0, 0.05) is 12.7 Å². The fourth-order valence-corrected chi connectivity index (χ4v) is 3.75. The third-order valence-electron chi connectivity index (χ3n) is 5.13. The van der Waals surface area contributed by atoms with Gasteiger partial charge in [-0.25, -0.2) is 4.98 Å². The molecule has 2 heterocycles. The van der Waals surface area contributed by atoms with Crippen molar-refractivity contribution in [2.24, 2.45) is 11.8 Å². The Morgan fingerprint density at radius 3 is 2.46 bits per heavy atom. The molecule has 1 saturated carbocycles. The molecule has 28 heavy (non-hydrogen) atoms. The van der Waals surface area contributed by atoms with Crippen molar-refractivity contribution < 1.29 is 23.9 Å². The molecule has 3 amide bonds. The number of pyridine rings is 1. The lowest BCUT2D eigenvalue weighted by Crippen LogP contribution is -2.35. The van der Waals surface area contributed by atoms with Gasteiger partial charge in [0.05, 0.1) is 23.3 Å². The van der Waals surface area contributed by atoms with Crippen LogP contribution in [0.25, 0.3) is 0 Å². The minimum absolute atomic E-state index is 0.0173. The number of fused-ring (bicyclic) bond motifs is 1. The smallest absolute Gasteiger partial charge is 0.308 e. The maximum Gasteiger partial charge on any atom is 0.308 e. The normalized spacial score (nSPS) is 22.6. The summed E-state index contributed by atoms with van der Waals surface area (Å²) in [4.78, 5) is 54.0. The Hall–Kier alpha value is -2.48. The lowest BCUT2D eigenvalue weighted by atomic mass is 9.81. The Balaban J connectivity index is 1.47. The predicted molar refractivity (Wildman–Crippen MR) is 100 cm³/mol. The molecule has 0 radical (unpaired) electrons. The van der Waals surface area contributed by atoms with E-state index >= 15 is 0 Å². The van der Waals surface area contributed by atoms with E-state index in [1.807, 2.05) is 0 Å². The highest BCUT2D eigenvalue weighted by Gasteiger charge is 2.47. The second-order valence-corrected chi connectivity index (χ2v) is 7.49. The zero-order valence-corrected chi connectivity index (χ0v) is 16.3. The Bertz CT molecular complexity index is 758. The summed E-state index contributed by atoms with van der Waals surface area (Å²) >= 11 is 5.73. The summed E-state index contributed by atoms with van der Waals surface area (Å²) in [5.41, 5.74) is 0. The van der Waals surface area contributed by atoms with Gasteiger partial charge in [-0.15, -0.1) is 0 Å². The standard InChI is InChI=1S/C19H22ClN3O5/c1-11(17(25)22-15-7-6-12(20)10-21-15)28-16(24)8-9-23-18(26)13-4-2-3-5-14(13)19(23)27/h6-7,10-11,13-14H,2-5,8-9H2,1H3,(H,21,22,25)/t11-,13-,14-/m0/s1. The number of aromatic nitrogens is 1. The molecule has 3 rings (SSSR count). The SMILES string of the molecule is C[C@H](OC(=O)CCN1C(=O)[C@H]2CCCC[C@@H]2C1=O)C(=O)Nc1ccc(Cl)cn1. The first-order chi connectivity index (χ1) is 13.4. The van der Waals surface area contributed by atoms with Gasteiger partial charge in [0.15, 0.2) is 6.10 Å². The molecule has 1 N–H and O–H groups in total. The van der Waals surface area contributed by atoms with E-state index in [-0.39, 0.29) is 42.4 Å². The molecule has 0 unspecified atom stereocenters. The number of carbonyl (C=O) groups excluding carboxylic acids is 4. The van der Waals surface area contributed by atoms with Crippen LogP contribution < -0.4 is 5.32 Å². The van der Waals surface area contributed by atoms with Crippen LogP contribution in [-0.4, -0.2) is 46.2 Å². The minimum atomic E-state index is -1.04. The van der Waals surface area contributed by atoms with Gasteiger partial charge in [-0.2, -0.15) is 0 Å².